The molecule has 0 bridgehead atoms. The molecule has 1 aromatic heterocycles. The molecule has 1 N–H and O–H groups in total. The van der Waals surface area contributed by atoms with Gasteiger partial charge in [-0.15, -0.1) is 0 Å². The van der Waals surface area contributed by atoms with Crippen LogP contribution in [0.4, 0.5) is 19.0 Å². The zero-order valence-corrected chi connectivity index (χ0v) is 10.2. The van der Waals surface area contributed by atoms with E-state index >= 15 is 0 Å². The van der Waals surface area contributed by atoms with E-state index in [9.17, 15) is 13.2 Å². The van der Waals surface area contributed by atoms with Gasteiger partial charge in [-0.3, -0.25) is 0 Å². The highest BCUT2D eigenvalue weighted by atomic mass is 19.4. The van der Waals surface area contributed by atoms with Crippen molar-refractivity contribution in [2.45, 2.75) is 25.1 Å². The molecule has 7 heteroatoms. The number of anilines is 1. The van der Waals surface area contributed by atoms with Crippen molar-refractivity contribution in [1.82, 2.24) is 4.98 Å². The van der Waals surface area contributed by atoms with Gasteiger partial charge in [0.05, 0.1) is 17.7 Å². The van der Waals surface area contributed by atoms with Gasteiger partial charge in [0.25, 0.3) is 0 Å². The number of rotatable bonds is 2. The zero-order chi connectivity index (χ0) is 14.1. The Morgan fingerprint density at radius 1 is 1.47 bits per heavy atom. The fraction of sp³-hybridized carbons (Fsp3) is 0.500. The Balaban J connectivity index is 2.34. The SMILES string of the molecule is CC1(Nc2nc(C(F)(F)F)ccc2C#N)CCOC1. The number of pyridine rings is 1. The third-order valence-corrected chi connectivity index (χ3v) is 2.95. The number of hydrogen-bond acceptors (Lipinski definition) is 4. The molecule has 0 radical (unpaired) electrons. The van der Waals surface area contributed by atoms with Crippen LogP contribution >= 0.6 is 0 Å². The molecular weight excluding hydrogens is 259 g/mol. The van der Waals surface area contributed by atoms with Gasteiger partial charge < -0.3 is 10.1 Å². The molecule has 2 heterocycles. The molecule has 102 valence electrons. The number of nitriles is 1. The van der Waals surface area contributed by atoms with Crippen LogP contribution in [0.2, 0.25) is 0 Å². The number of nitrogens with one attached hydrogen (secondary N) is 1. The lowest BCUT2D eigenvalue weighted by Crippen LogP contribution is -2.36. The molecule has 1 fully saturated rings. The molecular formula is C12H12F3N3O. The van der Waals surface area contributed by atoms with Crippen LogP contribution in [0, 0.1) is 11.3 Å². The van der Waals surface area contributed by atoms with E-state index in [-0.39, 0.29) is 11.4 Å². The molecule has 0 spiro atoms. The molecule has 0 aliphatic carbocycles. The van der Waals surface area contributed by atoms with Crippen LogP contribution in [-0.4, -0.2) is 23.7 Å². The van der Waals surface area contributed by atoms with E-state index < -0.39 is 17.4 Å². The fourth-order valence-electron chi connectivity index (χ4n) is 1.85. The molecule has 2 rings (SSSR count). The van der Waals surface area contributed by atoms with Crippen LogP contribution in [0.15, 0.2) is 12.1 Å². The number of ether oxygens (including phenoxy) is 1. The maximum Gasteiger partial charge on any atom is 0.433 e. The summed E-state index contributed by atoms with van der Waals surface area (Å²) >= 11 is 0. The Morgan fingerprint density at radius 3 is 2.74 bits per heavy atom. The van der Waals surface area contributed by atoms with E-state index in [0.29, 0.717) is 19.6 Å². The third-order valence-electron chi connectivity index (χ3n) is 2.95. The maximum absolute atomic E-state index is 12.6. The van der Waals surface area contributed by atoms with E-state index in [4.69, 9.17) is 10.00 Å². The minimum Gasteiger partial charge on any atom is -0.379 e. The van der Waals surface area contributed by atoms with Crippen LogP contribution in [0.3, 0.4) is 0 Å². The predicted molar refractivity (Wildman–Crippen MR) is 61.4 cm³/mol. The molecule has 1 saturated heterocycles. The quantitative estimate of drug-likeness (QED) is 0.898. The maximum atomic E-state index is 12.6. The summed E-state index contributed by atoms with van der Waals surface area (Å²) in [5.41, 5.74) is -1.43. The van der Waals surface area contributed by atoms with Gasteiger partial charge >= 0.3 is 6.18 Å². The molecule has 4 nitrogen and oxygen atoms in total. The smallest absolute Gasteiger partial charge is 0.379 e. The summed E-state index contributed by atoms with van der Waals surface area (Å²) in [5.74, 6) is -0.0506. The summed E-state index contributed by atoms with van der Waals surface area (Å²) in [6.45, 7) is 2.73. The van der Waals surface area contributed by atoms with Gasteiger partial charge in [-0.05, 0) is 25.5 Å². The van der Waals surface area contributed by atoms with Crippen molar-refractivity contribution in [2.75, 3.05) is 18.5 Å². The number of halogens is 3. The topological polar surface area (TPSA) is 57.9 Å². The van der Waals surface area contributed by atoms with Crippen molar-refractivity contribution < 1.29 is 17.9 Å². The number of aromatic nitrogens is 1. The monoisotopic (exact) mass is 271 g/mol. The van der Waals surface area contributed by atoms with Gasteiger partial charge in [-0.2, -0.15) is 18.4 Å². The van der Waals surface area contributed by atoms with Gasteiger partial charge in [0.1, 0.15) is 17.6 Å². The largest absolute Gasteiger partial charge is 0.433 e. The van der Waals surface area contributed by atoms with Crippen LogP contribution < -0.4 is 5.32 Å². The van der Waals surface area contributed by atoms with Crippen molar-refractivity contribution in [3.05, 3.63) is 23.4 Å². The molecule has 1 unspecified atom stereocenters. The average Bonchev–Trinajstić information content (AvgIpc) is 2.74. The number of alkyl halides is 3. The summed E-state index contributed by atoms with van der Waals surface area (Å²) in [6.07, 6.45) is -3.88. The highest BCUT2D eigenvalue weighted by molar-refractivity contribution is 5.54. The summed E-state index contributed by atoms with van der Waals surface area (Å²) in [4.78, 5) is 3.51. The summed E-state index contributed by atoms with van der Waals surface area (Å²) in [6, 6.07) is 3.76. The lowest BCUT2D eigenvalue weighted by molar-refractivity contribution is -0.141. The molecule has 1 atom stereocenters. The van der Waals surface area contributed by atoms with Crippen molar-refractivity contribution >= 4 is 5.82 Å². The van der Waals surface area contributed by atoms with Crippen LogP contribution in [0.1, 0.15) is 24.6 Å². The molecule has 19 heavy (non-hydrogen) atoms. The highest BCUT2D eigenvalue weighted by Gasteiger charge is 2.35. The first kappa shape index (κ1) is 13.6. The second-order valence-electron chi connectivity index (χ2n) is 4.69. The van der Waals surface area contributed by atoms with Crippen molar-refractivity contribution in [3.63, 3.8) is 0 Å². The first-order valence-corrected chi connectivity index (χ1v) is 5.68. The van der Waals surface area contributed by atoms with E-state index in [1.807, 2.05) is 13.0 Å². The molecule has 1 aliphatic rings. The lowest BCUT2D eigenvalue weighted by Gasteiger charge is -2.25. The van der Waals surface area contributed by atoms with Crippen molar-refractivity contribution in [3.8, 4) is 6.07 Å². The molecule has 0 aromatic carbocycles. The average molecular weight is 271 g/mol. The molecule has 1 aliphatic heterocycles. The minimum atomic E-state index is -4.53. The van der Waals surface area contributed by atoms with Crippen LogP contribution in [0.25, 0.3) is 0 Å². The number of nitrogens with zero attached hydrogens (tertiary/aromatic N) is 2. The fourth-order valence-corrected chi connectivity index (χ4v) is 1.85. The van der Waals surface area contributed by atoms with Gasteiger partial charge in [0, 0.05) is 6.61 Å². The van der Waals surface area contributed by atoms with Gasteiger partial charge in [-0.1, -0.05) is 0 Å². The predicted octanol–water partition coefficient (Wildman–Crippen LogP) is 2.56. The lowest BCUT2D eigenvalue weighted by atomic mass is 10.0. The van der Waals surface area contributed by atoms with Crippen molar-refractivity contribution in [2.24, 2.45) is 0 Å². The standard InChI is InChI=1S/C12H12F3N3O/c1-11(4-5-19-7-11)18-10-8(6-16)2-3-9(17-10)12(13,14)15/h2-3H,4-5,7H2,1H3,(H,17,18). The zero-order valence-electron chi connectivity index (χ0n) is 10.2. The Bertz CT molecular complexity index is 516. The van der Waals surface area contributed by atoms with Crippen molar-refractivity contribution in [1.29, 1.82) is 5.26 Å². The second-order valence-corrected chi connectivity index (χ2v) is 4.69. The Kier molecular flexibility index (Phi) is 3.37. The Labute approximate surface area is 108 Å². The highest BCUT2D eigenvalue weighted by Crippen LogP contribution is 2.31. The Hall–Kier alpha value is -1.81. The number of hydrogen-bond donors (Lipinski definition) is 1. The van der Waals surface area contributed by atoms with E-state index in [1.54, 1.807) is 0 Å². The van der Waals surface area contributed by atoms with E-state index in [2.05, 4.69) is 10.3 Å². The summed E-state index contributed by atoms with van der Waals surface area (Å²) in [7, 11) is 0. The first-order chi connectivity index (χ1) is 8.84. The first-order valence-electron chi connectivity index (χ1n) is 5.68. The van der Waals surface area contributed by atoms with Gasteiger partial charge in [-0.25, -0.2) is 4.98 Å². The second kappa shape index (κ2) is 4.70. The van der Waals surface area contributed by atoms with Gasteiger partial charge in [0.15, 0.2) is 0 Å². The summed E-state index contributed by atoms with van der Waals surface area (Å²) in [5, 5.41) is 11.8. The Morgan fingerprint density at radius 2 is 2.21 bits per heavy atom. The molecule has 0 amide bonds. The van der Waals surface area contributed by atoms with Crippen LogP contribution in [0.5, 0.6) is 0 Å². The summed E-state index contributed by atoms with van der Waals surface area (Å²) < 4.78 is 43.1. The molecule has 1 aromatic rings. The van der Waals surface area contributed by atoms with E-state index in [1.165, 1.54) is 0 Å². The minimum absolute atomic E-state index is 0.0506. The van der Waals surface area contributed by atoms with Gasteiger partial charge in [0.2, 0.25) is 0 Å². The van der Waals surface area contributed by atoms with Crippen LogP contribution in [-0.2, 0) is 10.9 Å². The van der Waals surface area contributed by atoms with E-state index in [0.717, 1.165) is 12.1 Å². The third kappa shape index (κ3) is 2.96. The normalized spacial score (nSPS) is 23.1. The molecule has 0 saturated carbocycles.